The average Bonchev–Trinajstić information content (AvgIpc) is 2.96. The minimum absolute atomic E-state index is 0.175. The molecule has 0 aliphatic rings. The molecule has 8 nitrogen and oxygen atoms in total. The van der Waals surface area contributed by atoms with Gasteiger partial charge in [-0.2, -0.15) is 5.10 Å². The predicted octanol–water partition coefficient (Wildman–Crippen LogP) is 1.04. The molecule has 0 saturated carbocycles. The fourth-order valence-corrected chi connectivity index (χ4v) is 2.85. The van der Waals surface area contributed by atoms with Crippen LogP contribution in [0.3, 0.4) is 0 Å². The summed E-state index contributed by atoms with van der Waals surface area (Å²) in [5.41, 5.74) is 3.81. The van der Waals surface area contributed by atoms with Gasteiger partial charge >= 0.3 is 5.69 Å². The van der Waals surface area contributed by atoms with E-state index in [9.17, 15) is 14.4 Å². The lowest BCUT2D eigenvalue weighted by Crippen LogP contribution is -2.30. The number of para-hydroxylation sites is 1. The van der Waals surface area contributed by atoms with E-state index in [0.717, 1.165) is 23.0 Å². The Morgan fingerprint density at radius 3 is 2.77 bits per heavy atom. The van der Waals surface area contributed by atoms with Gasteiger partial charge in [0.15, 0.2) is 0 Å². The van der Waals surface area contributed by atoms with Crippen molar-refractivity contribution in [3.05, 3.63) is 68.1 Å². The molecule has 0 spiro atoms. The largest absolute Gasteiger partial charge is 0.347 e. The van der Waals surface area contributed by atoms with Gasteiger partial charge in [0.05, 0.1) is 12.6 Å². The number of benzene rings is 1. The first kappa shape index (κ1) is 17.4. The maximum Gasteiger partial charge on any atom is 0.325 e. The molecule has 0 bridgehead atoms. The van der Waals surface area contributed by atoms with Crippen LogP contribution in [0.25, 0.3) is 10.9 Å². The molecule has 0 aliphatic heterocycles. The second-order valence-electron chi connectivity index (χ2n) is 5.87. The van der Waals surface area contributed by atoms with Crippen LogP contribution in [0, 0.1) is 6.92 Å². The zero-order valence-electron chi connectivity index (χ0n) is 14.5. The zero-order valence-corrected chi connectivity index (χ0v) is 14.5. The summed E-state index contributed by atoms with van der Waals surface area (Å²) in [5.74, 6) is -0.443. The number of aryl methyl sites for hydroxylation is 2. The summed E-state index contributed by atoms with van der Waals surface area (Å²) >= 11 is 0. The summed E-state index contributed by atoms with van der Waals surface area (Å²) in [6.07, 6.45) is 3.37. The van der Waals surface area contributed by atoms with Gasteiger partial charge in [-0.15, -0.1) is 0 Å². The average molecular weight is 353 g/mol. The van der Waals surface area contributed by atoms with Crippen molar-refractivity contribution >= 4 is 23.0 Å². The van der Waals surface area contributed by atoms with E-state index in [1.165, 1.54) is 0 Å². The van der Waals surface area contributed by atoms with Gasteiger partial charge in [0.25, 0.3) is 5.56 Å². The van der Waals surface area contributed by atoms with Gasteiger partial charge in [0.2, 0.25) is 5.91 Å². The maximum absolute atomic E-state index is 12.0. The molecule has 3 rings (SSSR count). The zero-order chi connectivity index (χ0) is 18.7. The summed E-state index contributed by atoms with van der Waals surface area (Å²) in [6, 6.07) is 7.94. The van der Waals surface area contributed by atoms with E-state index in [4.69, 9.17) is 0 Å². The van der Waals surface area contributed by atoms with Crippen molar-refractivity contribution in [2.45, 2.75) is 26.8 Å². The van der Waals surface area contributed by atoms with Crippen LogP contribution in [-0.4, -0.2) is 26.7 Å². The third kappa shape index (κ3) is 3.49. The van der Waals surface area contributed by atoms with Crippen LogP contribution in [-0.2, 0) is 17.8 Å². The highest BCUT2D eigenvalue weighted by molar-refractivity contribution is 5.99. The fourth-order valence-electron chi connectivity index (χ4n) is 2.85. The maximum atomic E-state index is 12.0. The smallest absolute Gasteiger partial charge is 0.325 e. The fraction of sp³-hybridized carbons (Fsp3) is 0.222. The summed E-state index contributed by atoms with van der Waals surface area (Å²) in [7, 11) is 0. The molecule has 1 aromatic carbocycles. The second-order valence-corrected chi connectivity index (χ2v) is 5.87. The Hall–Kier alpha value is -3.42. The number of rotatable bonds is 5. The normalized spacial score (nSPS) is 11.3. The molecule has 8 heteroatoms. The molecule has 0 unspecified atom stereocenters. The number of carbonyl (C=O) groups excluding carboxylic acids is 1. The summed E-state index contributed by atoms with van der Waals surface area (Å²) in [5, 5.41) is 5.03. The van der Waals surface area contributed by atoms with Crippen molar-refractivity contribution in [1.29, 1.82) is 0 Å². The lowest BCUT2D eigenvalue weighted by atomic mass is 10.1. The molecule has 3 N–H and O–H groups in total. The molecule has 1 amide bonds. The minimum atomic E-state index is -0.595. The molecule has 0 radical (unpaired) electrons. The molecule has 2 aromatic heterocycles. The highest BCUT2D eigenvalue weighted by Crippen LogP contribution is 2.19. The first-order chi connectivity index (χ1) is 12.5. The molecule has 0 atom stereocenters. The first-order valence-corrected chi connectivity index (χ1v) is 8.21. The monoisotopic (exact) mass is 353 g/mol. The van der Waals surface area contributed by atoms with Gasteiger partial charge in [0.1, 0.15) is 0 Å². The highest BCUT2D eigenvalue weighted by atomic mass is 16.2. The van der Waals surface area contributed by atoms with E-state index in [0.29, 0.717) is 5.69 Å². The molecule has 0 aliphatic carbocycles. The van der Waals surface area contributed by atoms with E-state index in [1.807, 2.05) is 30.5 Å². The summed E-state index contributed by atoms with van der Waals surface area (Å²) in [6.45, 7) is 4.45. The van der Waals surface area contributed by atoms with Crippen LogP contribution in [0.1, 0.15) is 23.7 Å². The van der Waals surface area contributed by atoms with Crippen molar-refractivity contribution in [3.63, 3.8) is 0 Å². The number of nitrogens with one attached hydrogen (secondary N) is 3. The van der Waals surface area contributed by atoms with Gasteiger partial charge < -0.3 is 9.55 Å². The number of fused-ring (bicyclic) bond motifs is 1. The molecule has 3 aromatic rings. The molecule has 26 heavy (non-hydrogen) atoms. The summed E-state index contributed by atoms with van der Waals surface area (Å²) < 4.78 is 2.10. The Bertz CT molecular complexity index is 1100. The number of hydrazone groups is 1. The van der Waals surface area contributed by atoms with Gasteiger partial charge in [-0.05, 0) is 19.9 Å². The summed E-state index contributed by atoms with van der Waals surface area (Å²) in [4.78, 5) is 39.6. The Kier molecular flexibility index (Phi) is 4.83. The van der Waals surface area contributed by atoms with Gasteiger partial charge in [-0.1, -0.05) is 18.2 Å². The van der Waals surface area contributed by atoms with E-state index in [1.54, 1.807) is 13.1 Å². The van der Waals surface area contributed by atoms with E-state index in [-0.39, 0.29) is 12.0 Å². The van der Waals surface area contributed by atoms with Crippen molar-refractivity contribution < 1.29 is 4.79 Å². The van der Waals surface area contributed by atoms with Crippen LogP contribution in [0.15, 0.2) is 45.2 Å². The minimum Gasteiger partial charge on any atom is -0.347 e. The van der Waals surface area contributed by atoms with E-state index < -0.39 is 17.2 Å². The third-order valence-corrected chi connectivity index (χ3v) is 4.15. The number of H-pyrrole nitrogens is 2. The highest BCUT2D eigenvalue weighted by Gasteiger charge is 2.11. The first-order valence-electron chi connectivity index (χ1n) is 8.21. The lowest BCUT2D eigenvalue weighted by Gasteiger charge is -2.02. The van der Waals surface area contributed by atoms with Crippen LogP contribution >= 0.6 is 0 Å². The number of amides is 1. The quantitative estimate of drug-likeness (QED) is 0.470. The second kappa shape index (κ2) is 7.22. The molecular formula is C18H19N5O3. The van der Waals surface area contributed by atoms with Gasteiger partial charge in [0, 0.05) is 40.5 Å². The van der Waals surface area contributed by atoms with E-state index >= 15 is 0 Å². The van der Waals surface area contributed by atoms with Gasteiger partial charge in [-0.3, -0.25) is 14.6 Å². The SMILES string of the molecule is CCn1cc(/C=N\NC(=O)Cc2c(C)[nH]c(=O)[nH]c2=O)c2ccccc21. The number of carbonyl (C=O) groups is 1. The standard InChI is InChI=1S/C18H19N5O3/c1-3-23-10-12(13-6-4-5-7-15(13)23)9-19-22-16(24)8-14-11(2)20-18(26)21-17(14)25/h4-7,9-10H,3,8H2,1-2H3,(H,22,24)(H2,20,21,25,26)/b19-9-. The number of aromatic amines is 2. The molecular weight excluding hydrogens is 334 g/mol. The molecule has 0 fully saturated rings. The molecule has 0 saturated heterocycles. The van der Waals surface area contributed by atoms with Crippen LogP contribution in [0.4, 0.5) is 0 Å². The Morgan fingerprint density at radius 1 is 1.27 bits per heavy atom. The van der Waals surface area contributed by atoms with Crippen LogP contribution < -0.4 is 16.7 Å². The Labute approximate surface area is 148 Å². The van der Waals surface area contributed by atoms with Crippen molar-refractivity contribution in [3.8, 4) is 0 Å². The van der Waals surface area contributed by atoms with E-state index in [2.05, 4.69) is 32.0 Å². The number of hydrogen-bond donors (Lipinski definition) is 3. The van der Waals surface area contributed by atoms with Crippen molar-refractivity contribution in [2.75, 3.05) is 0 Å². The lowest BCUT2D eigenvalue weighted by molar-refractivity contribution is -0.120. The predicted molar refractivity (Wildman–Crippen MR) is 99.5 cm³/mol. The van der Waals surface area contributed by atoms with Crippen LogP contribution in [0.5, 0.6) is 0 Å². The van der Waals surface area contributed by atoms with Crippen molar-refractivity contribution in [1.82, 2.24) is 20.0 Å². The Morgan fingerprint density at radius 2 is 2.04 bits per heavy atom. The molecule has 2 heterocycles. The van der Waals surface area contributed by atoms with Gasteiger partial charge in [-0.25, -0.2) is 10.2 Å². The third-order valence-electron chi connectivity index (χ3n) is 4.15. The molecule has 134 valence electrons. The topological polar surface area (TPSA) is 112 Å². The Balaban J connectivity index is 1.74. The van der Waals surface area contributed by atoms with Crippen LogP contribution in [0.2, 0.25) is 0 Å². The number of aromatic nitrogens is 3. The van der Waals surface area contributed by atoms with Crippen molar-refractivity contribution in [2.24, 2.45) is 5.10 Å². The number of nitrogens with zero attached hydrogens (tertiary/aromatic N) is 2. The number of hydrogen-bond acceptors (Lipinski definition) is 4.